The number of hydrogen-bond acceptors (Lipinski definition) is 6. The van der Waals surface area contributed by atoms with Gasteiger partial charge >= 0.3 is 12.1 Å². The first-order valence-electron chi connectivity index (χ1n) is 15.6. The van der Waals surface area contributed by atoms with Gasteiger partial charge in [-0.3, -0.25) is 24.1 Å². The van der Waals surface area contributed by atoms with Gasteiger partial charge in [0.05, 0.1) is 5.52 Å². The third kappa shape index (κ3) is 7.94. The first-order chi connectivity index (χ1) is 21.6. The highest BCUT2D eigenvalue weighted by atomic mass is 19.2. The summed E-state index contributed by atoms with van der Waals surface area (Å²) in [6, 6.07) is 1.41. The van der Waals surface area contributed by atoms with Crippen molar-refractivity contribution in [2.75, 3.05) is 33.2 Å². The molecule has 0 radical (unpaired) electrons. The van der Waals surface area contributed by atoms with Gasteiger partial charge in [0.1, 0.15) is 29.9 Å². The van der Waals surface area contributed by atoms with E-state index in [4.69, 9.17) is 4.74 Å². The second-order valence-corrected chi connectivity index (χ2v) is 13.1. The number of carboxylic acid groups (broad SMARTS) is 1. The number of fused-ring (bicyclic) bond motifs is 1. The number of benzene rings is 1. The number of hydrogen-bond donors (Lipinski definition) is 2. The van der Waals surface area contributed by atoms with Crippen LogP contribution in [-0.2, 0) is 25.7 Å². The van der Waals surface area contributed by atoms with E-state index < -0.39 is 59.7 Å². The summed E-state index contributed by atoms with van der Waals surface area (Å²) in [5.41, 5.74) is -0.692. The van der Waals surface area contributed by atoms with Crippen LogP contribution in [0.1, 0.15) is 70.3 Å². The van der Waals surface area contributed by atoms with Crippen molar-refractivity contribution in [1.82, 2.24) is 24.6 Å². The molecule has 2 N–H and O–H groups in total. The second kappa shape index (κ2) is 14.0. The van der Waals surface area contributed by atoms with Crippen molar-refractivity contribution in [3.63, 3.8) is 0 Å². The molecule has 2 aliphatic rings. The number of carboxylic acids is 1. The molecule has 2 atom stereocenters. The lowest BCUT2D eigenvalue weighted by molar-refractivity contribution is -0.140. The number of carbonyl (C=O) groups excluding carboxylic acids is 4. The zero-order valence-corrected chi connectivity index (χ0v) is 27.0. The predicted molar refractivity (Wildman–Crippen MR) is 164 cm³/mol. The summed E-state index contributed by atoms with van der Waals surface area (Å²) < 4.78 is 34.4. The molecule has 14 heteroatoms. The molecule has 1 saturated carbocycles. The van der Waals surface area contributed by atoms with Crippen LogP contribution in [0.2, 0.25) is 0 Å². The van der Waals surface area contributed by atoms with Gasteiger partial charge in [-0.05, 0) is 58.6 Å². The normalized spacial score (nSPS) is 17.4. The van der Waals surface area contributed by atoms with Crippen LogP contribution < -0.4 is 5.32 Å². The Hall–Kier alpha value is -4.23. The van der Waals surface area contributed by atoms with Gasteiger partial charge in [-0.15, -0.1) is 0 Å². The fourth-order valence-electron chi connectivity index (χ4n) is 6.02. The van der Waals surface area contributed by atoms with E-state index in [1.54, 1.807) is 32.6 Å². The molecule has 1 saturated heterocycles. The molecule has 1 aliphatic heterocycles. The Morgan fingerprint density at radius 3 is 2.15 bits per heavy atom. The van der Waals surface area contributed by atoms with Crippen molar-refractivity contribution in [3.8, 4) is 0 Å². The van der Waals surface area contributed by atoms with Crippen LogP contribution >= 0.6 is 0 Å². The van der Waals surface area contributed by atoms with Crippen molar-refractivity contribution in [2.45, 2.75) is 84.0 Å². The number of nitrogens with one attached hydrogen (secondary N) is 1. The van der Waals surface area contributed by atoms with E-state index in [-0.39, 0.29) is 54.6 Å². The quantitative estimate of drug-likeness (QED) is 0.446. The molecule has 4 rings (SSSR count). The van der Waals surface area contributed by atoms with Gasteiger partial charge in [0.2, 0.25) is 11.8 Å². The van der Waals surface area contributed by atoms with Crippen LogP contribution in [0.25, 0.3) is 10.9 Å². The minimum atomic E-state index is -1.26. The van der Waals surface area contributed by atoms with Crippen LogP contribution in [0.4, 0.5) is 13.6 Å². The molecule has 2 fully saturated rings. The number of likely N-dealkylation sites (N-methyl/N-ethyl adjacent to an activating group) is 1. The fraction of sp³-hybridized carbons (Fsp3) is 0.594. The standard InChI is InChI=1S/C32H43F2N5O7/c1-19(36(5)31(45)46-32(2,3)4)28(42)35-27(20-9-7-6-8-10-20)30(44)38-13-11-37(12-14-38)29(43)25-16-21-15-22(33)23(34)17-24(21)39(25)18-26(40)41/h15-17,19-20,27H,6-14,18H2,1-5H3,(H,35,42)(H,40,41)/t19-,27-/m0/s1. The van der Waals surface area contributed by atoms with E-state index >= 15 is 0 Å². The summed E-state index contributed by atoms with van der Waals surface area (Å²) in [6.07, 6.45) is 3.77. The Morgan fingerprint density at radius 2 is 1.57 bits per heavy atom. The molecular formula is C32H43F2N5O7. The molecule has 4 amide bonds. The summed E-state index contributed by atoms with van der Waals surface area (Å²) >= 11 is 0. The maximum atomic E-state index is 14.0. The molecule has 0 spiro atoms. The predicted octanol–water partition coefficient (Wildman–Crippen LogP) is 3.61. The molecule has 2 aromatic rings. The number of aromatic nitrogens is 1. The molecule has 2 heterocycles. The Balaban J connectivity index is 1.47. The Bertz CT molecular complexity index is 1490. The largest absolute Gasteiger partial charge is 0.480 e. The van der Waals surface area contributed by atoms with Crippen molar-refractivity contribution in [2.24, 2.45) is 5.92 Å². The highest BCUT2D eigenvalue weighted by Gasteiger charge is 2.38. The van der Waals surface area contributed by atoms with Crippen molar-refractivity contribution in [1.29, 1.82) is 0 Å². The molecule has 1 aliphatic carbocycles. The number of nitrogens with zero attached hydrogens (tertiary/aromatic N) is 4. The van der Waals surface area contributed by atoms with E-state index in [1.165, 1.54) is 22.9 Å². The van der Waals surface area contributed by atoms with E-state index in [2.05, 4.69) is 5.32 Å². The van der Waals surface area contributed by atoms with Crippen molar-refractivity contribution in [3.05, 3.63) is 35.5 Å². The van der Waals surface area contributed by atoms with Crippen LogP contribution in [0, 0.1) is 17.6 Å². The number of aliphatic carboxylic acids is 1. The van der Waals surface area contributed by atoms with E-state index in [1.807, 2.05) is 0 Å². The number of rotatable bonds is 8. The maximum absolute atomic E-state index is 14.0. The van der Waals surface area contributed by atoms with Crippen molar-refractivity contribution >= 4 is 40.7 Å². The lowest BCUT2D eigenvalue weighted by atomic mass is 9.83. The third-order valence-electron chi connectivity index (χ3n) is 8.66. The molecule has 0 unspecified atom stereocenters. The van der Waals surface area contributed by atoms with Gasteiger partial charge in [0, 0.05) is 44.7 Å². The molecule has 12 nitrogen and oxygen atoms in total. The van der Waals surface area contributed by atoms with E-state index in [9.17, 15) is 37.9 Å². The zero-order valence-electron chi connectivity index (χ0n) is 27.0. The third-order valence-corrected chi connectivity index (χ3v) is 8.66. The Morgan fingerprint density at radius 1 is 0.978 bits per heavy atom. The second-order valence-electron chi connectivity index (χ2n) is 13.1. The van der Waals surface area contributed by atoms with Crippen molar-refractivity contribution < 1.29 is 42.6 Å². The molecule has 1 aromatic heterocycles. The first kappa shape index (κ1) is 34.6. The first-order valence-corrected chi connectivity index (χ1v) is 15.6. The van der Waals surface area contributed by atoms with Gasteiger partial charge in [-0.25, -0.2) is 13.6 Å². The topological polar surface area (TPSA) is 141 Å². The van der Waals surface area contributed by atoms with Crippen LogP contribution in [0.15, 0.2) is 18.2 Å². The number of ether oxygens (including phenoxy) is 1. The van der Waals surface area contributed by atoms with E-state index in [0.29, 0.717) is 0 Å². The summed E-state index contributed by atoms with van der Waals surface area (Å²) in [6.45, 7) is 6.72. The number of piperazine rings is 1. The average molecular weight is 648 g/mol. The molecule has 46 heavy (non-hydrogen) atoms. The minimum Gasteiger partial charge on any atom is -0.480 e. The van der Waals surface area contributed by atoms with Gasteiger partial charge in [0.15, 0.2) is 11.6 Å². The van der Waals surface area contributed by atoms with Gasteiger partial charge in [-0.2, -0.15) is 0 Å². The van der Waals surface area contributed by atoms with Crippen LogP contribution in [-0.4, -0.2) is 105 Å². The molecule has 252 valence electrons. The summed E-state index contributed by atoms with van der Waals surface area (Å²) in [5, 5.41) is 12.5. The smallest absolute Gasteiger partial charge is 0.410 e. The Labute approximate surface area is 266 Å². The van der Waals surface area contributed by atoms with Gasteiger partial charge < -0.3 is 29.5 Å². The zero-order chi connectivity index (χ0) is 33.9. The van der Waals surface area contributed by atoms with E-state index in [0.717, 1.165) is 48.8 Å². The lowest BCUT2D eigenvalue weighted by Crippen LogP contribution is -2.59. The lowest BCUT2D eigenvalue weighted by Gasteiger charge is -2.39. The Kier molecular flexibility index (Phi) is 10.6. The number of halogens is 2. The average Bonchev–Trinajstić information content (AvgIpc) is 3.33. The summed E-state index contributed by atoms with van der Waals surface area (Å²) in [5.74, 6) is -4.90. The SMILES string of the molecule is C[C@@H](C(=O)N[C@H](C(=O)N1CCN(C(=O)c2cc3cc(F)c(F)cc3n2CC(=O)O)CC1)C1CCCCC1)N(C)C(=O)OC(C)(C)C. The molecule has 0 bridgehead atoms. The van der Waals surface area contributed by atoms with Crippen LogP contribution in [0.5, 0.6) is 0 Å². The molecule has 1 aromatic carbocycles. The highest BCUT2D eigenvalue weighted by Crippen LogP contribution is 2.29. The minimum absolute atomic E-state index is 0.0300. The number of carbonyl (C=O) groups is 5. The summed E-state index contributed by atoms with van der Waals surface area (Å²) in [4.78, 5) is 69.2. The number of amides is 4. The monoisotopic (exact) mass is 647 g/mol. The van der Waals surface area contributed by atoms with Gasteiger partial charge in [-0.1, -0.05) is 19.3 Å². The highest BCUT2D eigenvalue weighted by molar-refractivity contribution is 5.99. The van der Waals surface area contributed by atoms with Crippen LogP contribution in [0.3, 0.4) is 0 Å². The maximum Gasteiger partial charge on any atom is 0.410 e. The summed E-state index contributed by atoms with van der Waals surface area (Å²) in [7, 11) is 1.47. The van der Waals surface area contributed by atoms with Gasteiger partial charge in [0.25, 0.3) is 5.91 Å². The fourth-order valence-corrected chi connectivity index (χ4v) is 6.02. The molecular weight excluding hydrogens is 604 g/mol.